The molecule has 0 heterocycles. The maximum Gasteiger partial charge on any atom is 0.147 e. The number of rotatable bonds is 4. The van der Waals surface area contributed by atoms with Crippen LogP contribution in [0.15, 0.2) is 18.2 Å². The van der Waals surface area contributed by atoms with E-state index in [2.05, 4.69) is 19.1 Å². The molecule has 0 amide bonds. The van der Waals surface area contributed by atoms with Gasteiger partial charge < -0.3 is 0 Å². The van der Waals surface area contributed by atoms with Crippen LogP contribution in [0.4, 0.5) is 8.78 Å². The number of fused-ring (bicyclic) bond motifs is 1. The number of nitriles is 1. The Hall–Kier alpha value is -1.69. The second-order valence-electron chi connectivity index (χ2n) is 7.73. The third-order valence-corrected chi connectivity index (χ3v) is 6.31. The van der Waals surface area contributed by atoms with E-state index < -0.39 is 17.2 Å². The average Bonchev–Trinajstić information content (AvgIpc) is 2.62. The highest BCUT2D eigenvalue weighted by Crippen LogP contribution is 2.41. The van der Waals surface area contributed by atoms with E-state index >= 15 is 0 Å². The van der Waals surface area contributed by atoms with E-state index in [1.807, 2.05) is 0 Å². The zero-order valence-electron chi connectivity index (χ0n) is 15.0. The molecule has 3 heteroatoms. The maximum atomic E-state index is 14.3. The van der Waals surface area contributed by atoms with Crippen LogP contribution in [0.2, 0.25) is 0 Å². The summed E-state index contributed by atoms with van der Waals surface area (Å²) in [7, 11) is 0. The summed E-state index contributed by atoms with van der Waals surface area (Å²) in [5, 5.41) is 8.92. The van der Waals surface area contributed by atoms with Crippen LogP contribution in [-0.2, 0) is 12.8 Å². The summed E-state index contributed by atoms with van der Waals surface area (Å²) in [6, 6.07) is 3.07. The molecule has 0 N–H and O–H groups in total. The van der Waals surface area contributed by atoms with E-state index in [-0.39, 0.29) is 0 Å². The van der Waals surface area contributed by atoms with E-state index in [4.69, 9.17) is 5.26 Å². The molecular formula is C22H27F2N. The van der Waals surface area contributed by atoms with E-state index in [1.165, 1.54) is 44.6 Å². The fraction of sp³-hybridized carbons (Fsp3) is 0.591. The second-order valence-corrected chi connectivity index (χ2v) is 7.73. The van der Waals surface area contributed by atoms with Gasteiger partial charge in [-0.3, -0.25) is 0 Å². The highest BCUT2D eigenvalue weighted by atomic mass is 19.1. The molecule has 0 aromatic heterocycles. The highest BCUT2D eigenvalue weighted by molar-refractivity contribution is 5.42. The molecular weight excluding hydrogens is 316 g/mol. The van der Waals surface area contributed by atoms with E-state index in [0.29, 0.717) is 23.8 Å². The maximum absolute atomic E-state index is 14.3. The van der Waals surface area contributed by atoms with Crippen molar-refractivity contribution in [1.29, 1.82) is 5.26 Å². The Morgan fingerprint density at radius 3 is 2.60 bits per heavy atom. The van der Waals surface area contributed by atoms with Gasteiger partial charge in [-0.15, -0.1) is 0 Å². The van der Waals surface area contributed by atoms with Gasteiger partial charge in [0.25, 0.3) is 0 Å². The normalized spacial score (nSPS) is 26.4. The predicted molar refractivity (Wildman–Crippen MR) is 96.1 cm³/mol. The molecule has 25 heavy (non-hydrogen) atoms. The predicted octanol–water partition coefficient (Wildman–Crippen LogP) is 6.10. The first-order chi connectivity index (χ1) is 12.1. The van der Waals surface area contributed by atoms with Crippen molar-refractivity contribution < 1.29 is 8.78 Å². The minimum atomic E-state index is -0.702. The van der Waals surface area contributed by atoms with Crippen LogP contribution in [0.5, 0.6) is 0 Å². The Bertz CT molecular complexity index is 678. The molecule has 1 nitrogen and oxygen atoms in total. The lowest BCUT2D eigenvalue weighted by molar-refractivity contribution is 0.184. The summed E-state index contributed by atoms with van der Waals surface area (Å²) >= 11 is 0. The van der Waals surface area contributed by atoms with Crippen molar-refractivity contribution in [3.63, 3.8) is 0 Å². The summed E-state index contributed by atoms with van der Waals surface area (Å²) in [4.78, 5) is 0. The number of allylic oxidation sites excluding steroid dienone is 2. The standard InChI is InChI=1S/C22H27F2N/c1-2-3-4-5-15-6-8-16(9-7-15)17-10-11-19-18(12-17)13-21(23)20(14-25)22(19)24/h2-3,13,15-17H,4-12H2,1H3/b3-2+. The molecule has 0 saturated heterocycles. The van der Waals surface area contributed by atoms with Gasteiger partial charge in [0, 0.05) is 0 Å². The fourth-order valence-corrected chi connectivity index (χ4v) is 4.83. The topological polar surface area (TPSA) is 23.8 Å². The van der Waals surface area contributed by atoms with Crippen molar-refractivity contribution in [2.45, 2.75) is 64.7 Å². The van der Waals surface area contributed by atoms with Crippen LogP contribution in [0.25, 0.3) is 0 Å². The summed E-state index contributed by atoms with van der Waals surface area (Å²) < 4.78 is 28.3. The van der Waals surface area contributed by atoms with Gasteiger partial charge in [-0.2, -0.15) is 5.26 Å². The molecule has 2 aliphatic rings. The molecule has 1 aromatic carbocycles. The zero-order chi connectivity index (χ0) is 17.8. The Labute approximate surface area is 149 Å². The van der Waals surface area contributed by atoms with Crippen LogP contribution < -0.4 is 0 Å². The molecule has 2 aliphatic carbocycles. The first-order valence-corrected chi connectivity index (χ1v) is 9.65. The number of halogens is 2. The van der Waals surface area contributed by atoms with Gasteiger partial charge in [0.15, 0.2) is 0 Å². The molecule has 1 aromatic rings. The SMILES string of the molecule is C/C=C/CCC1CCC(C2CCc3c(cc(F)c(C#N)c3F)C2)CC1. The molecule has 0 bridgehead atoms. The smallest absolute Gasteiger partial charge is 0.147 e. The van der Waals surface area contributed by atoms with Gasteiger partial charge in [0.1, 0.15) is 23.3 Å². The van der Waals surface area contributed by atoms with Gasteiger partial charge in [0.05, 0.1) is 0 Å². The first-order valence-electron chi connectivity index (χ1n) is 9.65. The lowest BCUT2D eigenvalue weighted by Gasteiger charge is -2.36. The summed E-state index contributed by atoms with van der Waals surface area (Å²) in [5.74, 6) is 0.746. The Kier molecular flexibility index (Phi) is 5.89. The van der Waals surface area contributed by atoms with E-state index in [1.54, 1.807) is 6.07 Å². The number of hydrogen-bond acceptors (Lipinski definition) is 1. The average molecular weight is 343 g/mol. The van der Waals surface area contributed by atoms with Gasteiger partial charge in [0.2, 0.25) is 0 Å². The molecule has 1 saturated carbocycles. The summed E-state index contributed by atoms with van der Waals surface area (Å²) in [5.41, 5.74) is 0.952. The van der Waals surface area contributed by atoms with Crippen LogP contribution in [-0.4, -0.2) is 0 Å². The van der Waals surface area contributed by atoms with E-state index in [0.717, 1.165) is 24.3 Å². The third-order valence-electron chi connectivity index (χ3n) is 6.31. The van der Waals surface area contributed by atoms with Crippen molar-refractivity contribution in [1.82, 2.24) is 0 Å². The second kappa shape index (κ2) is 8.13. The molecule has 134 valence electrons. The number of benzene rings is 1. The monoisotopic (exact) mass is 343 g/mol. The molecule has 1 unspecified atom stereocenters. The van der Waals surface area contributed by atoms with Crippen molar-refractivity contribution in [2.75, 3.05) is 0 Å². The molecule has 0 spiro atoms. The van der Waals surface area contributed by atoms with Crippen molar-refractivity contribution in [3.05, 3.63) is 46.5 Å². The van der Waals surface area contributed by atoms with Crippen LogP contribution >= 0.6 is 0 Å². The fourth-order valence-electron chi connectivity index (χ4n) is 4.83. The van der Waals surface area contributed by atoms with Gasteiger partial charge in [-0.1, -0.05) is 25.0 Å². The molecule has 1 fully saturated rings. The zero-order valence-corrected chi connectivity index (χ0v) is 15.0. The van der Waals surface area contributed by atoms with Crippen LogP contribution in [0.1, 0.15) is 68.6 Å². The van der Waals surface area contributed by atoms with E-state index in [9.17, 15) is 8.78 Å². The minimum Gasteiger partial charge on any atom is -0.205 e. The van der Waals surface area contributed by atoms with Gasteiger partial charge in [-0.05, 0) is 86.8 Å². The molecule has 3 rings (SSSR count). The Balaban J connectivity index is 1.62. The summed E-state index contributed by atoms with van der Waals surface area (Å²) in [6.07, 6.45) is 14.3. The van der Waals surface area contributed by atoms with Gasteiger partial charge >= 0.3 is 0 Å². The number of nitrogens with zero attached hydrogens (tertiary/aromatic N) is 1. The molecule has 1 atom stereocenters. The molecule has 0 radical (unpaired) electrons. The minimum absolute atomic E-state index is 0.418. The van der Waals surface area contributed by atoms with Crippen molar-refractivity contribution in [2.24, 2.45) is 17.8 Å². The van der Waals surface area contributed by atoms with Crippen molar-refractivity contribution >= 4 is 0 Å². The Morgan fingerprint density at radius 1 is 1.16 bits per heavy atom. The van der Waals surface area contributed by atoms with Crippen LogP contribution in [0.3, 0.4) is 0 Å². The third kappa shape index (κ3) is 3.94. The number of hydrogen-bond donors (Lipinski definition) is 0. The highest BCUT2D eigenvalue weighted by Gasteiger charge is 2.32. The van der Waals surface area contributed by atoms with Crippen molar-refractivity contribution in [3.8, 4) is 6.07 Å². The lowest BCUT2D eigenvalue weighted by Crippen LogP contribution is -2.27. The lowest BCUT2D eigenvalue weighted by atomic mass is 9.69. The Morgan fingerprint density at radius 2 is 1.92 bits per heavy atom. The van der Waals surface area contributed by atoms with Crippen LogP contribution in [0, 0.1) is 40.7 Å². The quantitative estimate of drug-likeness (QED) is 0.606. The first kappa shape index (κ1) is 18.1. The van der Waals surface area contributed by atoms with Gasteiger partial charge in [-0.25, -0.2) is 8.78 Å². The summed E-state index contributed by atoms with van der Waals surface area (Å²) in [6.45, 7) is 2.07. The largest absolute Gasteiger partial charge is 0.205 e. The molecule has 0 aliphatic heterocycles.